The molecule has 3 heterocycles. The third-order valence-electron chi connectivity index (χ3n) is 4.58. The Kier molecular flexibility index (Phi) is 4.28. The Morgan fingerprint density at radius 2 is 2.20 bits per heavy atom. The summed E-state index contributed by atoms with van der Waals surface area (Å²) in [5, 5.41) is 4.07. The first-order chi connectivity index (χ1) is 12.3. The summed E-state index contributed by atoms with van der Waals surface area (Å²) >= 11 is 0. The van der Waals surface area contributed by atoms with Crippen molar-refractivity contribution in [2.45, 2.75) is 38.3 Å². The highest BCUT2D eigenvalue weighted by Crippen LogP contribution is 2.27. The van der Waals surface area contributed by atoms with E-state index < -0.39 is 0 Å². The van der Waals surface area contributed by atoms with Crippen LogP contribution in [0.15, 0.2) is 53.8 Å². The van der Waals surface area contributed by atoms with Gasteiger partial charge in [0.15, 0.2) is 5.82 Å². The van der Waals surface area contributed by atoms with E-state index in [-0.39, 0.29) is 11.9 Å². The molecule has 1 fully saturated rings. The van der Waals surface area contributed by atoms with E-state index >= 15 is 0 Å². The van der Waals surface area contributed by atoms with Crippen molar-refractivity contribution in [3.63, 3.8) is 0 Å². The Bertz CT molecular complexity index is 823. The fraction of sp³-hybridized carbons (Fsp3) is 0.333. The van der Waals surface area contributed by atoms with E-state index in [9.17, 15) is 4.79 Å². The van der Waals surface area contributed by atoms with Crippen molar-refractivity contribution in [2.75, 3.05) is 0 Å². The van der Waals surface area contributed by atoms with Crippen LogP contribution < -0.4 is 0 Å². The van der Waals surface area contributed by atoms with Crippen molar-refractivity contribution in [3.8, 4) is 5.82 Å². The van der Waals surface area contributed by atoms with Gasteiger partial charge < -0.3 is 9.32 Å². The van der Waals surface area contributed by atoms with Gasteiger partial charge >= 0.3 is 0 Å². The predicted molar refractivity (Wildman–Crippen MR) is 90.0 cm³/mol. The quantitative estimate of drug-likeness (QED) is 0.715. The van der Waals surface area contributed by atoms with Crippen molar-refractivity contribution in [2.24, 2.45) is 0 Å². The zero-order valence-corrected chi connectivity index (χ0v) is 13.8. The van der Waals surface area contributed by atoms with E-state index in [1.165, 1.54) is 6.33 Å². The highest BCUT2D eigenvalue weighted by Gasteiger charge is 2.28. The number of nitrogens with zero attached hydrogens (tertiary/aromatic N) is 5. The maximum Gasteiger partial charge on any atom is 0.254 e. The van der Waals surface area contributed by atoms with Crippen molar-refractivity contribution in [1.29, 1.82) is 0 Å². The van der Waals surface area contributed by atoms with Gasteiger partial charge in [-0.15, -0.1) is 0 Å². The molecule has 7 heteroatoms. The van der Waals surface area contributed by atoms with Crippen LogP contribution in [0.25, 0.3) is 5.82 Å². The number of furan rings is 1. The lowest BCUT2D eigenvalue weighted by atomic mass is 10.1. The molecule has 0 aliphatic heterocycles. The molecule has 1 aliphatic carbocycles. The van der Waals surface area contributed by atoms with Crippen LogP contribution in [-0.4, -0.2) is 36.6 Å². The van der Waals surface area contributed by atoms with Crippen molar-refractivity contribution >= 4 is 5.91 Å². The van der Waals surface area contributed by atoms with Crippen LogP contribution in [0.3, 0.4) is 0 Å². The summed E-state index contributed by atoms with van der Waals surface area (Å²) in [6, 6.07) is 7.50. The molecule has 3 aromatic heterocycles. The normalized spacial score (nSPS) is 14.7. The molecule has 0 radical (unpaired) electrons. The van der Waals surface area contributed by atoms with E-state index in [0.29, 0.717) is 17.9 Å². The van der Waals surface area contributed by atoms with Gasteiger partial charge in [0.25, 0.3) is 5.91 Å². The van der Waals surface area contributed by atoms with Gasteiger partial charge in [0, 0.05) is 17.8 Å². The molecule has 0 bridgehead atoms. The molecule has 0 spiro atoms. The van der Waals surface area contributed by atoms with Crippen LogP contribution in [0.4, 0.5) is 0 Å². The first-order valence-electron chi connectivity index (χ1n) is 8.45. The van der Waals surface area contributed by atoms with Crippen LogP contribution in [0.5, 0.6) is 0 Å². The first-order valence-corrected chi connectivity index (χ1v) is 8.45. The number of pyridine rings is 1. The summed E-state index contributed by atoms with van der Waals surface area (Å²) in [6.45, 7) is 0.484. The van der Waals surface area contributed by atoms with Gasteiger partial charge in [-0.25, -0.2) is 14.6 Å². The highest BCUT2D eigenvalue weighted by atomic mass is 16.3. The van der Waals surface area contributed by atoms with Crippen LogP contribution >= 0.6 is 0 Å². The number of rotatable bonds is 5. The Labute approximate surface area is 145 Å². The number of hydrogen-bond acceptors (Lipinski definition) is 5. The Morgan fingerprint density at radius 1 is 1.32 bits per heavy atom. The fourth-order valence-corrected chi connectivity index (χ4v) is 3.32. The third-order valence-corrected chi connectivity index (χ3v) is 4.58. The van der Waals surface area contributed by atoms with Gasteiger partial charge in [-0.3, -0.25) is 4.79 Å². The summed E-state index contributed by atoms with van der Waals surface area (Å²) in [7, 11) is 0. The molecule has 1 aliphatic rings. The first kappa shape index (κ1) is 15.6. The molecule has 0 atom stereocenters. The molecule has 1 saturated carbocycles. The second-order valence-corrected chi connectivity index (χ2v) is 6.19. The lowest BCUT2D eigenvalue weighted by Crippen LogP contribution is -2.38. The Morgan fingerprint density at radius 3 is 2.92 bits per heavy atom. The zero-order valence-electron chi connectivity index (χ0n) is 13.8. The summed E-state index contributed by atoms with van der Waals surface area (Å²) in [4.78, 5) is 23.3. The number of carbonyl (C=O) groups is 1. The molecule has 0 saturated heterocycles. The van der Waals surface area contributed by atoms with Gasteiger partial charge in [-0.2, -0.15) is 5.10 Å². The smallest absolute Gasteiger partial charge is 0.254 e. The summed E-state index contributed by atoms with van der Waals surface area (Å²) in [5.74, 6) is 1.37. The largest absolute Gasteiger partial charge is 0.467 e. The Hall–Kier alpha value is -2.96. The van der Waals surface area contributed by atoms with Crippen molar-refractivity contribution < 1.29 is 9.21 Å². The number of carbonyl (C=O) groups excluding carboxylic acids is 1. The second-order valence-electron chi connectivity index (χ2n) is 6.19. The molecule has 1 amide bonds. The molecule has 128 valence electrons. The van der Waals surface area contributed by atoms with Gasteiger partial charge in [0.05, 0.1) is 12.8 Å². The minimum absolute atomic E-state index is 0.00735. The van der Waals surface area contributed by atoms with Crippen LogP contribution in [-0.2, 0) is 6.54 Å². The van der Waals surface area contributed by atoms with Gasteiger partial charge in [-0.1, -0.05) is 12.8 Å². The fourth-order valence-electron chi connectivity index (χ4n) is 3.32. The third kappa shape index (κ3) is 3.31. The second kappa shape index (κ2) is 6.88. The molecule has 0 N–H and O–H groups in total. The standard InChI is InChI=1S/C18H19N5O2/c24-18(14-7-8-20-17(10-14)23-13-19-12-21-23)22(15-4-1-2-5-15)11-16-6-3-9-25-16/h3,6-10,12-13,15H,1-2,4-5,11H2. The van der Waals surface area contributed by atoms with Crippen molar-refractivity contribution in [1.82, 2.24) is 24.6 Å². The van der Waals surface area contributed by atoms with E-state index in [0.717, 1.165) is 31.4 Å². The van der Waals surface area contributed by atoms with Gasteiger partial charge in [0.1, 0.15) is 18.4 Å². The zero-order chi connectivity index (χ0) is 17.1. The minimum Gasteiger partial charge on any atom is -0.467 e. The van der Waals surface area contributed by atoms with Gasteiger partial charge in [0.2, 0.25) is 0 Å². The SMILES string of the molecule is O=C(c1ccnc(-n2cncn2)c1)N(Cc1ccco1)C1CCCC1. The maximum absolute atomic E-state index is 13.2. The number of hydrogen-bond donors (Lipinski definition) is 0. The van der Waals surface area contributed by atoms with Gasteiger partial charge in [-0.05, 0) is 37.1 Å². The highest BCUT2D eigenvalue weighted by molar-refractivity contribution is 5.94. The molecule has 3 aromatic rings. The number of aromatic nitrogens is 4. The monoisotopic (exact) mass is 337 g/mol. The minimum atomic E-state index is -0.00735. The van der Waals surface area contributed by atoms with Crippen LogP contribution in [0.2, 0.25) is 0 Å². The predicted octanol–water partition coefficient (Wildman–Crippen LogP) is 2.84. The Balaban J connectivity index is 1.62. The summed E-state index contributed by atoms with van der Waals surface area (Å²) in [6.07, 6.45) is 10.7. The summed E-state index contributed by atoms with van der Waals surface area (Å²) in [5.41, 5.74) is 0.596. The molecular weight excluding hydrogens is 318 g/mol. The molecule has 0 unspecified atom stereocenters. The average Bonchev–Trinajstić information content (AvgIpc) is 3.42. The van der Waals surface area contributed by atoms with Crippen LogP contribution in [0.1, 0.15) is 41.8 Å². The molecular formula is C18H19N5O2. The topological polar surface area (TPSA) is 77.1 Å². The number of amides is 1. The molecule has 0 aromatic carbocycles. The van der Waals surface area contributed by atoms with E-state index in [2.05, 4.69) is 15.1 Å². The van der Waals surface area contributed by atoms with E-state index in [4.69, 9.17) is 4.42 Å². The van der Waals surface area contributed by atoms with E-state index in [1.54, 1.807) is 35.6 Å². The lowest BCUT2D eigenvalue weighted by molar-refractivity contribution is 0.0649. The lowest BCUT2D eigenvalue weighted by Gasteiger charge is -2.28. The maximum atomic E-state index is 13.2. The van der Waals surface area contributed by atoms with E-state index in [1.807, 2.05) is 17.0 Å². The molecule has 7 nitrogen and oxygen atoms in total. The summed E-state index contributed by atoms with van der Waals surface area (Å²) < 4.78 is 7.01. The molecule has 25 heavy (non-hydrogen) atoms. The molecule has 4 rings (SSSR count). The van der Waals surface area contributed by atoms with Crippen LogP contribution in [0, 0.1) is 0 Å². The average molecular weight is 337 g/mol. The van der Waals surface area contributed by atoms with Crippen molar-refractivity contribution in [3.05, 3.63) is 60.7 Å².